The van der Waals surface area contributed by atoms with Gasteiger partial charge in [-0.1, -0.05) is 13.8 Å². The Bertz CT molecular complexity index is 685. The van der Waals surface area contributed by atoms with Crippen molar-refractivity contribution in [2.45, 2.75) is 50.5 Å². The summed E-state index contributed by atoms with van der Waals surface area (Å²) in [5.41, 5.74) is 0.886. The van der Waals surface area contributed by atoms with Gasteiger partial charge in [-0.25, -0.2) is 8.42 Å². The van der Waals surface area contributed by atoms with E-state index in [4.69, 9.17) is 4.74 Å². The summed E-state index contributed by atoms with van der Waals surface area (Å²) in [5, 5.41) is 0. The van der Waals surface area contributed by atoms with E-state index in [0.29, 0.717) is 11.0 Å². The number of rotatable bonds is 6. The largest absolute Gasteiger partial charge is 0.384 e. The Hall–Kier alpha value is -1.40. The van der Waals surface area contributed by atoms with E-state index in [9.17, 15) is 13.2 Å². The number of hydrogen-bond acceptors (Lipinski definition) is 4. The molecule has 2 rings (SSSR count). The van der Waals surface area contributed by atoms with Crippen molar-refractivity contribution in [3.63, 3.8) is 0 Å². The molecule has 25 heavy (non-hydrogen) atoms. The Labute approximate surface area is 151 Å². The molecule has 0 atom stereocenters. The van der Waals surface area contributed by atoms with Gasteiger partial charge in [0.2, 0.25) is 0 Å². The molecular formula is C19H29NO4S. The topological polar surface area (TPSA) is 63.7 Å². The van der Waals surface area contributed by atoms with Crippen molar-refractivity contribution < 1.29 is 17.9 Å². The van der Waals surface area contributed by atoms with Crippen LogP contribution in [0.5, 0.6) is 0 Å². The maximum absolute atomic E-state index is 12.7. The second-order valence-corrected chi connectivity index (χ2v) is 9.76. The van der Waals surface area contributed by atoms with Crippen LogP contribution in [0.3, 0.4) is 0 Å². The second kappa shape index (κ2) is 7.87. The minimum Gasteiger partial charge on any atom is -0.384 e. The fourth-order valence-electron chi connectivity index (χ4n) is 3.26. The zero-order chi connectivity index (χ0) is 18.7. The maximum Gasteiger partial charge on any atom is 0.253 e. The van der Waals surface area contributed by atoms with Crippen LogP contribution >= 0.6 is 0 Å². The molecule has 0 bridgehead atoms. The lowest BCUT2D eigenvalue weighted by Gasteiger charge is -2.38. The van der Waals surface area contributed by atoms with Gasteiger partial charge >= 0.3 is 0 Å². The standard InChI is InChI=1S/C19H29NO4S/c1-19(2)11-9-16(10-12-19)20(3)18(21)15-5-7-17(8-6-15)25(22,23)14-13-24-4/h5-8,16H,9-14H2,1-4H3. The van der Waals surface area contributed by atoms with Crippen LogP contribution in [-0.2, 0) is 14.6 Å². The Balaban J connectivity index is 2.05. The van der Waals surface area contributed by atoms with Gasteiger partial charge in [-0.15, -0.1) is 0 Å². The fourth-order valence-corrected chi connectivity index (χ4v) is 4.43. The van der Waals surface area contributed by atoms with Crippen molar-refractivity contribution in [2.75, 3.05) is 26.5 Å². The third-order valence-corrected chi connectivity index (χ3v) is 6.89. The summed E-state index contributed by atoms with van der Waals surface area (Å²) in [5.74, 6) is -0.111. The van der Waals surface area contributed by atoms with Gasteiger partial charge in [0.05, 0.1) is 17.3 Å². The lowest BCUT2D eigenvalue weighted by Crippen LogP contribution is -2.40. The molecular weight excluding hydrogens is 338 g/mol. The third kappa shape index (κ3) is 5.05. The zero-order valence-electron chi connectivity index (χ0n) is 15.6. The minimum atomic E-state index is -3.37. The number of carbonyl (C=O) groups excluding carboxylic acids is 1. The van der Waals surface area contributed by atoms with Gasteiger partial charge in [0, 0.05) is 25.8 Å². The van der Waals surface area contributed by atoms with Gasteiger partial charge in [0.15, 0.2) is 9.84 Å². The molecule has 0 radical (unpaired) electrons. The highest BCUT2D eigenvalue weighted by Gasteiger charge is 2.30. The zero-order valence-corrected chi connectivity index (χ0v) is 16.4. The van der Waals surface area contributed by atoms with Gasteiger partial charge in [0.1, 0.15) is 0 Å². The average molecular weight is 368 g/mol. The van der Waals surface area contributed by atoms with Crippen molar-refractivity contribution in [3.05, 3.63) is 29.8 Å². The van der Waals surface area contributed by atoms with Crippen molar-refractivity contribution in [1.82, 2.24) is 4.90 Å². The highest BCUT2D eigenvalue weighted by atomic mass is 32.2. The summed E-state index contributed by atoms with van der Waals surface area (Å²) in [6.07, 6.45) is 4.26. The lowest BCUT2D eigenvalue weighted by atomic mass is 9.75. The SMILES string of the molecule is COCCS(=O)(=O)c1ccc(C(=O)N(C)C2CCC(C)(C)CC2)cc1. The van der Waals surface area contributed by atoms with Gasteiger partial charge in [0.25, 0.3) is 5.91 Å². The maximum atomic E-state index is 12.7. The van der Waals surface area contributed by atoms with Gasteiger partial charge in [-0.2, -0.15) is 0 Å². The van der Waals surface area contributed by atoms with Crippen LogP contribution < -0.4 is 0 Å². The Morgan fingerprint density at radius 2 is 1.76 bits per heavy atom. The molecule has 140 valence electrons. The lowest BCUT2D eigenvalue weighted by molar-refractivity contribution is 0.0635. The number of benzene rings is 1. The predicted molar refractivity (Wildman–Crippen MR) is 98.5 cm³/mol. The first kappa shape index (κ1) is 19.9. The molecule has 0 spiro atoms. The Morgan fingerprint density at radius 1 is 1.20 bits per heavy atom. The monoisotopic (exact) mass is 367 g/mol. The van der Waals surface area contributed by atoms with Crippen molar-refractivity contribution in [3.8, 4) is 0 Å². The van der Waals surface area contributed by atoms with Crippen molar-refractivity contribution in [1.29, 1.82) is 0 Å². The first-order chi connectivity index (χ1) is 11.7. The van der Waals surface area contributed by atoms with Crippen LogP contribution in [0.4, 0.5) is 0 Å². The first-order valence-electron chi connectivity index (χ1n) is 8.75. The number of amides is 1. The van der Waals surface area contributed by atoms with E-state index in [-0.39, 0.29) is 29.2 Å². The molecule has 1 amide bonds. The molecule has 5 nitrogen and oxygen atoms in total. The van der Waals surface area contributed by atoms with Crippen LogP contribution in [0.25, 0.3) is 0 Å². The number of hydrogen-bond donors (Lipinski definition) is 0. The van der Waals surface area contributed by atoms with E-state index in [1.165, 1.54) is 19.2 Å². The molecule has 0 saturated heterocycles. The molecule has 6 heteroatoms. The highest BCUT2D eigenvalue weighted by Crippen LogP contribution is 2.36. The second-order valence-electron chi connectivity index (χ2n) is 7.65. The molecule has 0 heterocycles. The predicted octanol–water partition coefficient (Wildman–Crippen LogP) is 3.15. The average Bonchev–Trinajstić information content (AvgIpc) is 2.59. The van der Waals surface area contributed by atoms with Gasteiger partial charge in [-0.05, 0) is 55.4 Å². The quantitative estimate of drug-likeness (QED) is 0.775. The molecule has 1 aromatic rings. The van der Waals surface area contributed by atoms with E-state index in [2.05, 4.69) is 13.8 Å². The summed E-state index contributed by atoms with van der Waals surface area (Å²) < 4.78 is 29.1. The van der Waals surface area contributed by atoms with Crippen LogP contribution in [0, 0.1) is 5.41 Å². The summed E-state index contributed by atoms with van der Waals surface area (Å²) in [7, 11) is -0.0549. The number of carbonyl (C=O) groups is 1. The van der Waals surface area contributed by atoms with Crippen LogP contribution in [0.2, 0.25) is 0 Å². The summed E-state index contributed by atoms with van der Waals surface area (Å²) in [6.45, 7) is 4.70. The number of ether oxygens (including phenoxy) is 1. The number of sulfone groups is 1. The van der Waals surface area contributed by atoms with E-state index in [1.807, 2.05) is 11.9 Å². The Kier molecular flexibility index (Phi) is 6.27. The molecule has 0 aliphatic heterocycles. The number of nitrogens with zero attached hydrogens (tertiary/aromatic N) is 1. The molecule has 1 aliphatic rings. The molecule has 0 unspecified atom stereocenters. The van der Waals surface area contributed by atoms with E-state index < -0.39 is 9.84 Å². The molecule has 1 aromatic carbocycles. The normalized spacial score (nSPS) is 18.1. The van der Waals surface area contributed by atoms with E-state index in [0.717, 1.165) is 25.7 Å². The molecule has 0 N–H and O–H groups in total. The van der Waals surface area contributed by atoms with Crippen molar-refractivity contribution >= 4 is 15.7 Å². The molecule has 1 aliphatic carbocycles. The van der Waals surface area contributed by atoms with Gasteiger partial charge in [-0.3, -0.25) is 4.79 Å². The Morgan fingerprint density at radius 3 is 2.28 bits per heavy atom. The molecule has 0 aromatic heterocycles. The van der Waals surface area contributed by atoms with Gasteiger partial charge < -0.3 is 9.64 Å². The van der Waals surface area contributed by atoms with Crippen LogP contribution in [0.1, 0.15) is 49.9 Å². The minimum absolute atomic E-state index is 0.0504. The third-order valence-electron chi connectivity index (χ3n) is 5.19. The van der Waals surface area contributed by atoms with Crippen molar-refractivity contribution in [2.24, 2.45) is 5.41 Å². The van der Waals surface area contributed by atoms with E-state index >= 15 is 0 Å². The summed E-state index contributed by atoms with van der Waals surface area (Å²) in [4.78, 5) is 14.7. The van der Waals surface area contributed by atoms with E-state index in [1.54, 1.807) is 12.1 Å². The number of methoxy groups -OCH3 is 1. The molecule has 1 saturated carbocycles. The fraction of sp³-hybridized carbons (Fsp3) is 0.632. The van der Waals surface area contributed by atoms with Crippen LogP contribution in [0.15, 0.2) is 29.2 Å². The summed E-state index contributed by atoms with van der Waals surface area (Å²) in [6, 6.07) is 6.48. The highest BCUT2D eigenvalue weighted by molar-refractivity contribution is 7.91. The molecule has 1 fully saturated rings. The van der Waals surface area contributed by atoms with Crippen LogP contribution in [-0.4, -0.2) is 51.8 Å². The summed E-state index contributed by atoms with van der Waals surface area (Å²) >= 11 is 0. The smallest absolute Gasteiger partial charge is 0.253 e. The first-order valence-corrected chi connectivity index (χ1v) is 10.4.